The van der Waals surface area contributed by atoms with Gasteiger partial charge in [0.25, 0.3) is 0 Å². The molecular formula is C10H9BrO4. The second-order valence-electron chi connectivity index (χ2n) is 2.75. The third-order valence-corrected chi connectivity index (χ3v) is 2.22. The molecule has 0 radical (unpaired) electrons. The van der Waals surface area contributed by atoms with E-state index in [0.717, 1.165) is 0 Å². The molecule has 0 saturated heterocycles. The van der Waals surface area contributed by atoms with E-state index >= 15 is 0 Å². The molecule has 0 heterocycles. The molecule has 1 aromatic rings. The smallest absolute Gasteiger partial charge is 0.308 e. The predicted molar refractivity (Wildman–Crippen MR) is 57.4 cm³/mol. The number of aldehydes is 1. The summed E-state index contributed by atoms with van der Waals surface area (Å²) in [6.07, 6.45) is 0.685. The molecular weight excluding hydrogens is 264 g/mol. The average Bonchev–Trinajstić information content (AvgIpc) is 2.20. The largest absolute Gasteiger partial charge is 0.493 e. The van der Waals surface area contributed by atoms with Crippen LogP contribution in [0.2, 0.25) is 0 Å². The molecule has 0 atom stereocenters. The molecule has 0 bridgehead atoms. The van der Waals surface area contributed by atoms with Crippen LogP contribution in [0.25, 0.3) is 0 Å². The predicted octanol–water partition coefficient (Wildman–Crippen LogP) is 2.20. The summed E-state index contributed by atoms with van der Waals surface area (Å²) in [4.78, 5) is 21.4. The molecule has 0 aliphatic rings. The quantitative estimate of drug-likeness (QED) is 0.481. The first-order valence-electron chi connectivity index (χ1n) is 4.09. The summed E-state index contributed by atoms with van der Waals surface area (Å²) in [5, 5.41) is 0. The van der Waals surface area contributed by atoms with Gasteiger partial charge in [0.15, 0.2) is 11.5 Å². The van der Waals surface area contributed by atoms with Gasteiger partial charge in [-0.1, -0.05) is 0 Å². The lowest BCUT2D eigenvalue weighted by Crippen LogP contribution is -2.04. The van der Waals surface area contributed by atoms with Crippen LogP contribution in [0.3, 0.4) is 0 Å². The maximum absolute atomic E-state index is 10.8. The van der Waals surface area contributed by atoms with Gasteiger partial charge >= 0.3 is 5.97 Å². The molecule has 4 nitrogen and oxygen atoms in total. The first-order valence-corrected chi connectivity index (χ1v) is 4.89. The SMILES string of the molecule is COc1cc(C=O)cc(Br)c1OC(C)=O. The lowest BCUT2D eigenvalue weighted by Gasteiger charge is -2.10. The highest BCUT2D eigenvalue weighted by atomic mass is 79.9. The Morgan fingerprint density at radius 3 is 2.60 bits per heavy atom. The van der Waals surface area contributed by atoms with E-state index in [1.807, 2.05) is 0 Å². The highest BCUT2D eigenvalue weighted by Crippen LogP contribution is 2.36. The monoisotopic (exact) mass is 272 g/mol. The number of rotatable bonds is 3. The number of hydrogen-bond acceptors (Lipinski definition) is 4. The number of ether oxygens (including phenoxy) is 2. The number of esters is 1. The summed E-state index contributed by atoms with van der Waals surface area (Å²) in [5.74, 6) is 0.158. The Balaban J connectivity index is 3.23. The van der Waals surface area contributed by atoms with Crippen LogP contribution in [0.5, 0.6) is 11.5 Å². The number of carbonyl (C=O) groups excluding carboxylic acids is 2. The van der Waals surface area contributed by atoms with E-state index in [1.54, 1.807) is 6.07 Å². The zero-order chi connectivity index (χ0) is 11.4. The second-order valence-corrected chi connectivity index (χ2v) is 3.60. The maximum Gasteiger partial charge on any atom is 0.308 e. The molecule has 0 fully saturated rings. The number of carbonyl (C=O) groups is 2. The van der Waals surface area contributed by atoms with Crippen LogP contribution < -0.4 is 9.47 Å². The number of hydrogen-bond donors (Lipinski definition) is 0. The minimum Gasteiger partial charge on any atom is -0.493 e. The fraction of sp³-hybridized carbons (Fsp3) is 0.200. The third-order valence-electron chi connectivity index (χ3n) is 1.63. The highest BCUT2D eigenvalue weighted by Gasteiger charge is 2.13. The van der Waals surface area contributed by atoms with E-state index in [4.69, 9.17) is 9.47 Å². The Bertz CT molecular complexity index is 401. The van der Waals surface area contributed by atoms with Crippen molar-refractivity contribution in [1.82, 2.24) is 0 Å². The molecule has 5 heteroatoms. The van der Waals surface area contributed by atoms with Crippen LogP contribution in [0.15, 0.2) is 16.6 Å². The average molecular weight is 273 g/mol. The van der Waals surface area contributed by atoms with E-state index in [9.17, 15) is 9.59 Å². The molecule has 1 rings (SSSR count). The standard InChI is InChI=1S/C10H9BrO4/c1-6(13)15-10-8(11)3-7(5-12)4-9(10)14-2/h3-5H,1-2H3. The van der Waals surface area contributed by atoms with Crippen LogP contribution in [-0.4, -0.2) is 19.4 Å². The van der Waals surface area contributed by atoms with Gasteiger partial charge in [0, 0.05) is 12.5 Å². The van der Waals surface area contributed by atoms with Crippen LogP contribution in [-0.2, 0) is 4.79 Å². The molecule has 80 valence electrons. The minimum atomic E-state index is -0.451. The maximum atomic E-state index is 10.8. The van der Waals surface area contributed by atoms with Gasteiger partial charge in [-0.2, -0.15) is 0 Å². The summed E-state index contributed by atoms with van der Waals surface area (Å²) < 4.78 is 10.4. The van der Waals surface area contributed by atoms with E-state index in [-0.39, 0.29) is 5.75 Å². The summed E-state index contributed by atoms with van der Waals surface area (Å²) in [7, 11) is 1.43. The molecule has 0 spiro atoms. The molecule has 0 aromatic heterocycles. The summed E-state index contributed by atoms with van der Waals surface area (Å²) in [5.41, 5.74) is 0.439. The number of benzene rings is 1. The second kappa shape index (κ2) is 4.93. The number of halogens is 1. The zero-order valence-corrected chi connectivity index (χ0v) is 9.83. The van der Waals surface area contributed by atoms with Crippen LogP contribution in [0.1, 0.15) is 17.3 Å². The molecule has 0 amide bonds. The Morgan fingerprint density at radius 1 is 1.47 bits per heavy atom. The van der Waals surface area contributed by atoms with Gasteiger partial charge in [0.2, 0.25) is 0 Å². The van der Waals surface area contributed by atoms with Crippen molar-refractivity contribution < 1.29 is 19.1 Å². The fourth-order valence-electron chi connectivity index (χ4n) is 1.05. The lowest BCUT2D eigenvalue weighted by molar-refractivity contribution is -0.132. The normalized spacial score (nSPS) is 9.53. The van der Waals surface area contributed by atoms with Gasteiger partial charge in [-0.15, -0.1) is 0 Å². The van der Waals surface area contributed by atoms with E-state index in [0.29, 0.717) is 22.1 Å². The Morgan fingerprint density at radius 2 is 2.13 bits per heavy atom. The van der Waals surface area contributed by atoms with Gasteiger partial charge in [0.05, 0.1) is 11.6 Å². The summed E-state index contributed by atoms with van der Waals surface area (Å²) >= 11 is 3.19. The topological polar surface area (TPSA) is 52.6 Å². The van der Waals surface area contributed by atoms with Gasteiger partial charge in [-0.05, 0) is 28.1 Å². The molecule has 0 N–H and O–H groups in total. The van der Waals surface area contributed by atoms with E-state index in [1.165, 1.54) is 20.1 Å². The molecule has 0 saturated carbocycles. The lowest BCUT2D eigenvalue weighted by atomic mass is 10.2. The zero-order valence-electron chi connectivity index (χ0n) is 8.24. The van der Waals surface area contributed by atoms with E-state index < -0.39 is 5.97 Å². The third kappa shape index (κ3) is 2.79. The van der Waals surface area contributed by atoms with Crippen molar-refractivity contribution in [3.63, 3.8) is 0 Å². The Labute approximate surface area is 95.3 Å². The van der Waals surface area contributed by atoms with Crippen molar-refractivity contribution in [2.24, 2.45) is 0 Å². The van der Waals surface area contributed by atoms with Gasteiger partial charge < -0.3 is 9.47 Å². The van der Waals surface area contributed by atoms with Crippen LogP contribution in [0.4, 0.5) is 0 Å². The molecule has 15 heavy (non-hydrogen) atoms. The highest BCUT2D eigenvalue weighted by molar-refractivity contribution is 9.10. The van der Waals surface area contributed by atoms with Crippen molar-refractivity contribution in [2.45, 2.75) is 6.92 Å². The molecule has 0 aliphatic carbocycles. The molecule has 0 unspecified atom stereocenters. The first-order chi connectivity index (χ1) is 7.08. The van der Waals surface area contributed by atoms with Gasteiger partial charge in [-0.3, -0.25) is 9.59 Å². The molecule has 1 aromatic carbocycles. The van der Waals surface area contributed by atoms with Crippen LogP contribution >= 0.6 is 15.9 Å². The van der Waals surface area contributed by atoms with Crippen molar-refractivity contribution in [3.05, 3.63) is 22.2 Å². The van der Waals surface area contributed by atoms with Crippen molar-refractivity contribution >= 4 is 28.2 Å². The van der Waals surface area contributed by atoms with Crippen LogP contribution in [0, 0.1) is 0 Å². The fourth-order valence-corrected chi connectivity index (χ4v) is 1.59. The summed E-state index contributed by atoms with van der Waals surface area (Å²) in [6.45, 7) is 1.29. The molecule has 0 aliphatic heterocycles. The first kappa shape index (κ1) is 11.7. The number of methoxy groups -OCH3 is 1. The van der Waals surface area contributed by atoms with Crippen molar-refractivity contribution in [2.75, 3.05) is 7.11 Å². The Hall–Kier alpha value is -1.36. The Kier molecular flexibility index (Phi) is 3.85. The van der Waals surface area contributed by atoms with E-state index in [2.05, 4.69) is 15.9 Å². The van der Waals surface area contributed by atoms with Crippen molar-refractivity contribution in [3.8, 4) is 11.5 Å². The van der Waals surface area contributed by atoms with Gasteiger partial charge in [-0.25, -0.2) is 0 Å². The summed E-state index contributed by atoms with van der Waals surface area (Å²) in [6, 6.07) is 3.05. The van der Waals surface area contributed by atoms with Gasteiger partial charge in [0.1, 0.15) is 6.29 Å². The minimum absolute atomic E-state index is 0.274. The van der Waals surface area contributed by atoms with Crippen molar-refractivity contribution in [1.29, 1.82) is 0 Å².